The van der Waals surface area contributed by atoms with Crippen molar-refractivity contribution in [2.75, 3.05) is 19.6 Å². The molecule has 0 saturated carbocycles. The van der Waals surface area contributed by atoms with Crippen molar-refractivity contribution < 1.29 is 14.4 Å². The second kappa shape index (κ2) is 8.11. The van der Waals surface area contributed by atoms with Gasteiger partial charge in [-0.25, -0.2) is 0 Å². The van der Waals surface area contributed by atoms with Gasteiger partial charge in [-0.2, -0.15) is 0 Å². The SMILES string of the molecule is CCC(=O)N1C[C@@H]2CN(C(=O)Cc3csc(C(C)=O)c3)C[C@@H]2[C@H]1c1ccccc1. The minimum Gasteiger partial charge on any atom is -0.342 e. The molecule has 0 radical (unpaired) electrons. The number of carbonyl (C=O) groups is 3. The van der Waals surface area contributed by atoms with Crippen LogP contribution < -0.4 is 0 Å². The Morgan fingerprint density at radius 3 is 2.48 bits per heavy atom. The van der Waals surface area contributed by atoms with Crippen LogP contribution in [0.25, 0.3) is 0 Å². The second-order valence-corrected chi connectivity index (χ2v) is 8.94. The number of ketones is 1. The van der Waals surface area contributed by atoms with Gasteiger partial charge in [-0.15, -0.1) is 11.3 Å². The molecule has 2 aromatic rings. The van der Waals surface area contributed by atoms with E-state index in [1.54, 1.807) is 6.92 Å². The van der Waals surface area contributed by atoms with E-state index < -0.39 is 0 Å². The summed E-state index contributed by atoms with van der Waals surface area (Å²) in [5.74, 6) is 0.909. The van der Waals surface area contributed by atoms with Crippen molar-refractivity contribution in [3.63, 3.8) is 0 Å². The second-order valence-electron chi connectivity index (χ2n) is 8.03. The molecule has 0 unspecified atom stereocenters. The van der Waals surface area contributed by atoms with Gasteiger partial charge in [-0.3, -0.25) is 14.4 Å². The molecule has 4 rings (SSSR count). The summed E-state index contributed by atoms with van der Waals surface area (Å²) in [6.07, 6.45) is 0.832. The van der Waals surface area contributed by atoms with E-state index in [-0.39, 0.29) is 29.6 Å². The first kappa shape index (κ1) is 19.8. The van der Waals surface area contributed by atoms with Crippen LogP contribution in [0.3, 0.4) is 0 Å². The lowest BCUT2D eigenvalue weighted by atomic mass is 9.89. The van der Waals surface area contributed by atoms with Crippen molar-refractivity contribution >= 4 is 28.9 Å². The summed E-state index contributed by atoms with van der Waals surface area (Å²) in [4.78, 5) is 41.6. The van der Waals surface area contributed by atoms with Gasteiger partial charge in [0.25, 0.3) is 0 Å². The summed E-state index contributed by atoms with van der Waals surface area (Å²) in [5, 5.41) is 1.90. The molecule has 5 nitrogen and oxygen atoms in total. The fourth-order valence-electron chi connectivity index (χ4n) is 4.73. The molecule has 3 heterocycles. The van der Waals surface area contributed by atoms with Gasteiger partial charge in [0.2, 0.25) is 11.8 Å². The molecule has 1 aromatic heterocycles. The fourth-order valence-corrected chi connectivity index (χ4v) is 5.54. The maximum atomic E-state index is 12.9. The third-order valence-corrected chi connectivity index (χ3v) is 7.22. The van der Waals surface area contributed by atoms with Crippen molar-refractivity contribution in [3.8, 4) is 0 Å². The van der Waals surface area contributed by atoms with Crippen LogP contribution in [0.5, 0.6) is 0 Å². The van der Waals surface area contributed by atoms with Crippen LogP contribution in [-0.2, 0) is 16.0 Å². The molecule has 0 spiro atoms. The van der Waals surface area contributed by atoms with E-state index in [4.69, 9.17) is 0 Å². The topological polar surface area (TPSA) is 57.7 Å². The van der Waals surface area contributed by atoms with E-state index in [0.717, 1.165) is 11.1 Å². The molecule has 0 aliphatic carbocycles. The Balaban J connectivity index is 1.49. The molecule has 152 valence electrons. The number of carbonyl (C=O) groups excluding carboxylic acids is 3. The zero-order valence-corrected chi connectivity index (χ0v) is 17.7. The molecule has 2 aliphatic rings. The molecule has 2 fully saturated rings. The van der Waals surface area contributed by atoms with Crippen LogP contribution in [0.1, 0.15) is 47.1 Å². The summed E-state index contributed by atoms with van der Waals surface area (Å²) < 4.78 is 0. The number of likely N-dealkylation sites (tertiary alicyclic amines) is 2. The molecule has 6 heteroatoms. The van der Waals surface area contributed by atoms with Gasteiger partial charge >= 0.3 is 0 Å². The normalized spacial score (nSPS) is 23.3. The Morgan fingerprint density at radius 2 is 1.83 bits per heavy atom. The standard InChI is InChI=1S/C23H26N2O3S/c1-3-21(27)25-12-18-11-24(13-19(18)23(25)17-7-5-4-6-8-17)22(28)10-16-9-20(15(2)26)29-14-16/h4-9,14,18-19,23H,3,10-13H2,1-2H3/t18-,19-,23+/m0/s1. The predicted molar refractivity (Wildman–Crippen MR) is 113 cm³/mol. The number of nitrogens with zero attached hydrogens (tertiary/aromatic N) is 2. The summed E-state index contributed by atoms with van der Waals surface area (Å²) >= 11 is 1.40. The molecule has 2 aliphatic heterocycles. The van der Waals surface area contributed by atoms with Crippen LogP contribution in [0.15, 0.2) is 41.8 Å². The average molecular weight is 411 g/mol. The largest absolute Gasteiger partial charge is 0.342 e. The number of Topliss-reactive ketones (excluding diaryl/α,β-unsaturated/α-hetero) is 1. The zero-order valence-electron chi connectivity index (χ0n) is 16.8. The predicted octanol–water partition coefficient (Wildman–Crippen LogP) is 3.56. The van der Waals surface area contributed by atoms with Gasteiger partial charge in [0.1, 0.15) is 0 Å². The maximum absolute atomic E-state index is 12.9. The summed E-state index contributed by atoms with van der Waals surface area (Å²) in [5.41, 5.74) is 2.06. The van der Waals surface area contributed by atoms with E-state index in [1.807, 2.05) is 46.4 Å². The first-order valence-corrected chi connectivity index (χ1v) is 11.1. The zero-order chi connectivity index (χ0) is 20.5. The van der Waals surface area contributed by atoms with Crippen LogP contribution >= 0.6 is 11.3 Å². The molecule has 3 atom stereocenters. The Labute approximate surface area is 175 Å². The number of thiophene rings is 1. The Bertz CT molecular complexity index is 923. The monoisotopic (exact) mass is 410 g/mol. The van der Waals surface area contributed by atoms with Gasteiger partial charge in [0.05, 0.1) is 17.3 Å². The molecule has 2 saturated heterocycles. The number of rotatable bonds is 5. The van der Waals surface area contributed by atoms with E-state index in [2.05, 4.69) is 12.1 Å². The smallest absolute Gasteiger partial charge is 0.227 e. The molecular weight excluding hydrogens is 384 g/mol. The minimum absolute atomic E-state index is 0.0378. The third-order valence-electron chi connectivity index (χ3n) is 6.14. The average Bonchev–Trinajstić information content (AvgIpc) is 3.42. The van der Waals surface area contributed by atoms with E-state index >= 15 is 0 Å². The van der Waals surface area contributed by atoms with Crippen molar-refractivity contribution in [1.29, 1.82) is 0 Å². The first-order chi connectivity index (χ1) is 14.0. The van der Waals surface area contributed by atoms with Crippen molar-refractivity contribution in [2.45, 2.75) is 32.7 Å². The van der Waals surface area contributed by atoms with Crippen LogP contribution in [0.4, 0.5) is 0 Å². The minimum atomic E-state index is 0.0378. The molecule has 0 N–H and O–H groups in total. The highest BCUT2D eigenvalue weighted by Crippen LogP contribution is 2.45. The Kier molecular flexibility index (Phi) is 5.54. The number of amides is 2. The van der Waals surface area contributed by atoms with Gasteiger partial charge in [-0.05, 0) is 29.5 Å². The summed E-state index contributed by atoms with van der Waals surface area (Å²) in [6, 6.07) is 12.1. The van der Waals surface area contributed by atoms with Gasteiger partial charge in [0, 0.05) is 37.9 Å². The molecular formula is C23H26N2O3S. The van der Waals surface area contributed by atoms with Gasteiger partial charge in [-0.1, -0.05) is 37.3 Å². The highest BCUT2D eigenvalue weighted by molar-refractivity contribution is 7.12. The van der Waals surface area contributed by atoms with Crippen molar-refractivity contribution in [2.24, 2.45) is 11.8 Å². The van der Waals surface area contributed by atoms with E-state index in [9.17, 15) is 14.4 Å². The van der Waals surface area contributed by atoms with Crippen LogP contribution in [-0.4, -0.2) is 47.0 Å². The lowest BCUT2D eigenvalue weighted by Gasteiger charge is -2.30. The molecule has 1 aromatic carbocycles. The number of benzene rings is 1. The summed E-state index contributed by atoms with van der Waals surface area (Å²) in [7, 11) is 0. The quantitative estimate of drug-likeness (QED) is 0.708. The maximum Gasteiger partial charge on any atom is 0.227 e. The fraction of sp³-hybridized carbons (Fsp3) is 0.435. The summed E-state index contributed by atoms with van der Waals surface area (Å²) in [6.45, 7) is 5.55. The Hall–Kier alpha value is -2.47. The van der Waals surface area contributed by atoms with Gasteiger partial charge in [0.15, 0.2) is 5.78 Å². The number of fused-ring (bicyclic) bond motifs is 1. The van der Waals surface area contributed by atoms with E-state index in [0.29, 0.717) is 43.3 Å². The lowest BCUT2D eigenvalue weighted by molar-refractivity contribution is -0.133. The van der Waals surface area contributed by atoms with Gasteiger partial charge < -0.3 is 9.80 Å². The first-order valence-electron chi connectivity index (χ1n) is 10.2. The Morgan fingerprint density at radius 1 is 1.07 bits per heavy atom. The highest BCUT2D eigenvalue weighted by Gasteiger charge is 2.49. The van der Waals surface area contributed by atoms with E-state index in [1.165, 1.54) is 11.3 Å². The highest BCUT2D eigenvalue weighted by atomic mass is 32.1. The van der Waals surface area contributed by atoms with Crippen LogP contribution in [0, 0.1) is 11.8 Å². The molecule has 0 bridgehead atoms. The number of hydrogen-bond donors (Lipinski definition) is 0. The van der Waals surface area contributed by atoms with Crippen molar-refractivity contribution in [3.05, 3.63) is 57.8 Å². The third kappa shape index (κ3) is 3.86. The molecule has 29 heavy (non-hydrogen) atoms. The molecule has 2 amide bonds. The van der Waals surface area contributed by atoms with Crippen LogP contribution in [0.2, 0.25) is 0 Å². The lowest BCUT2D eigenvalue weighted by Crippen LogP contribution is -2.37. The van der Waals surface area contributed by atoms with Crippen molar-refractivity contribution in [1.82, 2.24) is 9.80 Å². The number of hydrogen-bond acceptors (Lipinski definition) is 4.